The molecule has 0 aliphatic carbocycles. The molecule has 9 heteroatoms. The van der Waals surface area contributed by atoms with E-state index in [4.69, 9.17) is 26.4 Å². The molecule has 206 valence electrons. The lowest BCUT2D eigenvalue weighted by atomic mass is 10.1. The SMILES string of the molecule is COc1cc(/C=C2\SC(=S)N(c3ccc(Oc4ccccc4)cc3)C2=O)ccc1OCC(=O)NCc1ccccc1. The number of rotatable bonds is 10. The minimum atomic E-state index is -0.247. The largest absolute Gasteiger partial charge is 0.493 e. The number of nitrogens with one attached hydrogen (secondary N) is 1. The number of carbonyl (C=O) groups excluding carboxylic acids is 2. The maximum Gasteiger partial charge on any atom is 0.270 e. The van der Waals surface area contributed by atoms with Crippen molar-refractivity contribution in [1.29, 1.82) is 0 Å². The Balaban J connectivity index is 1.22. The molecule has 41 heavy (non-hydrogen) atoms. The van der Waals surface area contributed by atoms with Gasteiger partial charge in [-0.2, -0.15) is 0 Å². The van der Waals surface area contributed by atoms with Crippen molar-refractivity contribution in [1.82, 2.24) is 5.32 Å². The Morgan fingerprint density at radius 2 is 1.59 bits per heavy atom. The summed E-state index contributed by atoms with van der Waals surface area (Å²) in [5.41, 5.74) is 2.39. The fraction of sp³-hybridized carbons (Fsp3) is 0.0938. The molecule has 0 saturated carbocycles. The smallest absolute Gasteiger partial charge is 0.270 e. The molecule has 1 aliphatic heterocycles. The van der Waals surface area contributed by atoms with E-state index in [1.54, 1.807) is 48.5 Å². The third-order valence-electron chi connectivity index (χ3n) is 6.04. The average Bonchev–Trinajstić information content (AvgIpc) is 3.28. The van der Waals surface area contributed by atoms with Crippen molar-refractivity contribution >= 4 is 51.9 Å². The highest BCUT2D eigenvalue weighted by Gasteiger charge is 2.33. The second-order valence-electron chi connectivity index (χ2n) is 8.89. The van der Waals surface area contributed by atoms with Gasteiger partial charge in [-0.25, -0.2) is 0 Å². The number of amides is 2. The van der Waals surface area contributed by atoms with Gasteiger partial charge in [-0.05, 0) is 65.7 Å². The molecule has 0 unspecified atom stereocenters. The second-order valence-corrected chi connectivity index (χ2v) is 10.6. The maximum absolute atomic E-state index is 13.3. The van der Waals surface area contributed by atoms with Gasteiger partial charge >= 0.3 is 0 Å². The fourth-order valence-corrected chi connectivity index (χ4v) is 5.31. The Kier molecular flexibility index (Phi) is 8.98. The van der Waals surface area contributed by atoms with Gasteiger partial charge in [-0.1, -0.05) is 78.6 Å². The van der Waals surface area contributed by atoms with Crippen molar-refractivity contribution in [3.63, 3.8) is 0 Å². The Bertz CT molecular complexity index is 1580. The lowest BCUT2D eigenvalue weighted by Gasteiger charge is -2.15. The first-order valence-electron chi connectivity index (χ1n) is 12.7. The molecular formula is C32H26N2O5S2. The van der Waals surface area contributed by atoms with E-state index in [0.717, 1.165) is 16.9 Å². The molecule has 0 bridgehead atoms. The summed E-state index contributed by atoms with van der Waals surface area (Å²) in [6, 6.07) is 31.6. The quantitative estimate of drug-likeness (QED) is 0.167. The summed E-state index contributed by atoms with van der Waals surface area (Å²) in [6.07, 6.45) is 1.76. The van der Waals surface area contributed by atoms with Crippen molar-refractivity contribution in [2.75, 3.05) is 18.6 Å². The lowest BCUT2D eigenvalue weighted by Crippen LogP contribution is -2.28. The Morgan fingerprint density at radius 1 is 0.902 bits per heavy atom. The van der Waals surface area contributed by atoms with Crippen molar-refractivity contribution in [2.45, 2.75) is 6.54 Å². The molecule has 1 fully saturated rings. The fourth-order valence-electron chi connectivity index (χ4n) is 4.01. The molecule has 1 aliphatic rings. The molecule has 7 nitrogen and oxygen atoms in total. The summed E-state index contributed by atoms with van der Waals surface area (Å²) < 4.78 is 17.5. The van der Waals surface area contributed by atoms with E-state index in [1.165, 1.54) is 23.8 Å². The van der Waals surface area contributed by atoms with Crippen molar-refractivity contribution in [2.24, 2.45) is 0 Å². The normalized spacial score (nSPS) is 13.8. The molecular weight excluding hydrogens is 556 g/mol. The van der Waals surface area contributed by atoms with Gasteiger partial charge in [0.2, 0.25) is 0 Å². The number of anilines is 1. The first-order valence-corrected chi connectivity index (χ1v) is 13.9. The van der Waals surface area contributed by atoms with Gasteiger partial charge in [-0.3, -0.25) is 14.5 Å². The van der Waals surface area contributed by atoms with Gasteiger partial charge in [0.1, 0.15) is 11.5 Å². The highest BCUT2D eigenvalue weighted by Crippen LogP contribution is 2.38. The van der Waals surface area contributed by atoms with Crippen LogP contribution in [0.5, 0.6) is 23.0 Å². The predicted octanol–water partition coefficient (Wildman–Crippen LogP) is 6.59. The lowest BCUT2D eigenvalue weighted by molar-refractivity contribution is -0.123. The Hall–Kier alpha value is -4.60. The zero-order valence-electron chi connectivity index (χ0n) is 22.1. The summed E-state index contributed by atoms with van der Waals surface area (Å²) in [7, 11) is 1.52. The molecule has 2 amide bonds. The van der Waals surface area contributed by atoms with E-state index in [9.17, 15) is 9.59 Å². The Labute approximate surface area is 247 Å². The van der Waals surface area contributed by atoms with Crippen molar-refractivity contribution < 1.29 is 23.8 Å². The van der Waals surface area contributed by atoms with Gasteiger partial charge < -0.3 is 19.5 Å². The van der Waals surface area contributed by atoms with Crippen LogP contribution in [0.4, 0.5) is 5.69 Å². The molecule has 4 aromatic rings. The van der Waals surface area contributed by atoms with Gasteiger partial charge in [0.15, 0.2) is 22.4 Å². The number of ether oxygens (including phenoxy) is 3. The maximum atomic E-state index is 13.3. The molecule has 1 heterocycles. The van der Waals surface area contributed by atoms with Crippen molar-refractivity contribution in [3.8, 4) is 23.0 Å². The number of hydrogen-bond donors (Lipinski definition) is 1. The number of carbonyl (C=O) groups is 2. The highest BCUT2D eigenvalue weighted by atomic mass is 32.2. The van der Waals surface area contributed by atoms with E-state index in [1.807, 2.05) is 60.7 Å². The van der Waals surface area contributed by atoms with E-state index < -0.39 is 0 Å². The predicted molar refractivity (Wildman–Crippen MR) is 165 cm³/mol. The molecule has 0 radical (unpaired) electrons. The first-order chi connectivity index (χ1) is 20.0. The van der Waals surface area contributed by atoms with Crippen LogP contribution in [-0.4, -0.2) is 29.9 Å². The summed E-state index contributed by atoms with van der Waals surface area (Å²) >= 11 is 6.75. The standard InChI is InChI=1S/C32H26N2O5S2/c1-37-28-18-23(12-17-27(28)38-21-30(35)33-20-22-8-4-2-5-9-22)19-29-31(36)34(32(40)41-29)24-13-15-26(16-14-24)39-25-10-6-3-7-11-25/h2-19H,20-21H2,1H3,(H,33,35)/b29-19-. The number of benzene rings is 4. The summed E-state index contributed by atoms with van der Waals surface area (Å²) in [5, 5.41) is 2.83. The van der Waals surface area contributed by atoms with Crippen LogP contribution in [-0.2, 0) is 16.1 Å². The third kappa shape index (κ3) is 7.13. The van der Waals surface area contributed by atoms with Crippen LogP contribution in [0.2, 0.25) is 0 Å². The second kappa shape index (κ2) is 13.2. The summed E-state index contributed by atoms with van der Waals surface area (Å²) in [6.45, 7) is 0.263. The van der Waals surface area contributed by atoms with Gasteiger partial charge in [0.05, 0.1) is 17.7 Å². The van der Waals surface area contributed by atoms with Crippen LogP contribution in [0, 0.1) is 0 Å². The van der Waals surface area contributed by atoms with Crippen molar-refractivity contribution in [3.05, 3.63) is 119 Å². The Morgan fingerprint density at radius 3 is 2.29 bits per heavy atom. The van der Waals surface area contributed by atoms with Crippen LogP contribution in [0.3, 0.4) is 0 Å². The number of methoxy groups -OCH3 is 1. The molecule has 0 spiro atoms. The zero-order chi connectivity index (χ0) is 28.6. The van der Waals surface area contributed by atoms with Gasteiger partial charge in [-0.15, -0.1) is 0 Å². The summed E-state index contributed by atoms with van der Waals surface area (Å²) in [4.78, 5) is 27.5. The minimum Gasteiger partial charge on any atom is -0.493 e. The minimum absolute atomic E-state index is 0.156. The monoisotopic (exact) mass is 582 g/mol. The molecule has 1 saturated heterocycles. The first kappa shape index (κ1) is 27.9. The molecule has 4 aromatic carbocycles. The summed E-state index contributed by atoms with van der Waals surface area (Å²) in [5.74, 6) is 1.79. The van der Waals surface area contributed by atoms with E-state index >= 15 is 0 Å². The highest BCUT2D eigenvalue weighted by molar-refractivity contribution is 8.27. The molecule has 1 N–H and O–H groups in total. The van der Waals surface area contributed by atoms with Crippen LogP contribution in [0.15, 0.2) is 108 Å². The number of thioether (sulfide) groups is 1. The van der Waals surface area contributed by atoms with Gasteiger partial charge in [0.25, 0.3) is 11.8 Å². The van der Waals surface area contributed by atoms with Crippen LogP contribution in [0.25, 0.3) is 6.08 Å². The topological polar surface area (TPSA) is 77.1 Å². The molecule has 0 atom stereocenters. The van der Waals surface area contributed by atoms with E-state index in [0.29, 0.717) is 38.7 Å². The zero-order valence-corrected chi connectivity index (χ0v) is 23.7. The van der Waals surface area contributed by atoms with Crippen LogP contribution in [0.1, 0.15) is 11.1 Å². The number of nitrogens with zero attached hydrogens (tertiary/aromatic N) is 1. The number of para-hydroxylation sites is 1. The van der Waals surface area contributed by atoms with E-state index in [-0.39, 0.29) is 18.4 Å². The van der Waals surface area contributed by atoms with Gasteiger partial charge in [0, 0.05) is 6.54 Å². The van der Waals surface area contributed by atoms with Crippen LogP contribution < -0.4 is 24.4 Å². The van der Waals surface area contributed by atoms with Crippen LogP contribution >= 0.6 is 24.0 Å². The third-order valence-corrected chi connectivity index (χ3v) is 7.35. The number of hydrogen-bond acceptors (Lipinski definition) is 7. The number of thiocarbonyl (C=S) groups is 1. The average molecular weight is 583 g/mol. The molecule has 5 rings (SSSR count). The van der Waals surface area contributed by atoms with E-state index in [2.05, 4.69) is 5.32 Å². The molecule has 0 aromatic heterocycles.